The maximum absolute atomic E-state index is 12.5. The molecule has 0 spiro atoms. The van der Waals surface area contributed by atoms with Crippen LogP contribution in [0.5, 0.6) is 0 Å². The molecule has 18 heavy (non-hydrogen) atoms. The summed E-state index contributed by atoms with van der Waals surface area (Å²) in [4.78, 5) is 12.5. The van der Waals surface area contributed by atoms with Crippen molar-refractivity contribution in [2.45, 2.75) is 32.6 Å². The first kappa shape index (κ1) is 11.3. The Hall–Kier alpha value is -1.83. The quantitative estimate of drug-likeness (QED) is 0.749. The largest absolute Gasteiger partial charge is 0.284 e. The fraction of sp³-hybridized carbons (Fsp3) is 0.312. The van der Waals surface area contributed by atoms with Gasteiger partial charge in [0.05, 0.1) is 0 Å². The van der Waals surface area contributed by atoms with Crippen molar-refractivity contribution in [1.82, 2.24) is 4.57 Å². The number of pyridine rings is 1. The number of hydrogen-bond acceptors (Lipinski definition) is 1. The van der Waals surface area contributed by atoms with E-state index in [1.165, 1.54) is 17.5 Å². The summed E-state index contributed by atoms with van der Waals surface area (Å²) in [6, 6.07) is 9.87. The fourth-order valence-corrected chi connectivity index (χ4v) is 2.83. The van der Waals surface area contributed by atoms with Gasteiger partial charge in [-0.2, -0.15) is 0 Å². The molecule has 0 unspecified atom stereocenters. The highest BCUT2D eigenvalue weighted by molar-refractivity contribution is 5.39. The molecule has 1 aromatic carbocycles. The predicted molar refractivity (Wildman–Crippen MR) is 73.4 cm³/mol. The van der Waals surface area contributed by atoms with Crippen LogP contribution >= 0.6 is 0 Å². The van der Waals surface area contributed by atoms with E-state index in [0.29, 0.717) is 0 Å². The van der Waals surface area contributed by atoms with Crippen LogP contribution in [0.15, 0.2) is 41.3 Å². The molecule has 0 saturated carbocycles. The zero-order chi connectivity index (χ0) is 12.5. The zero-order valence-corrected chi connectivity index (χ0v) is 10.6. The van der Waals surface area contributed by atoms with Crippen LogP contribution in [0, 0.1) is 6.92 Å². The molecule has 1 aliphatic carbocycles. The summed E-state index contributed by atoms with van der Waals surface area (Å²) >= 11 is 0. The highest BCUT2D eigenvalue weighted by atomic mass is 16.1. The number of nitrogens with zero attached hydrogens (tertiary/aromatic N) is 1. The number of fused-ring (bicyclic) bond motifs is 1. The van der Waals surface area contributed by atoms with Gasteiger partial charge in [0.25, 0.3) is 5.56 Å². The Balaban J connectivity index is 2.24. The first-order valence-corrected chi connectivity index (χ1v) is 6.57. The second-order valence-corrected chi connectivity index (χ2v) is 4.99. The molecule has 0 aliphatic heterocycles. The van der Waals surface area contributed by atoms with Crippen LogP contribution < -0.4 is 5.56 Å². The van der Waals surface area contributed by atoms with Gasteiger partial charge in [0.1, 0.15) is 0 Å². The molecule has 0 N–H and O–H groups in total. The van der Waals surface area contributed by atoms with E-state index in [1.807, 2.05) is 36.5 Å². The Kier molecular flexibility index (Phi) is 2.78. The number of rotatable bonds is 1. The van der Waals surface area contributed by atoms with Gasteiger partial charge in [-0.05, 0) is 55.9 Å². The lowest BCUT2D eigenvalue weighted by Crippen LogP contribution is -2.26. The summed E-state index contributed by atoms with van der Waals surface area (Å²) in [6.07, 6.45) is 6.33. The topological polar surface area (TPSA) is 22.0 Å². The van der Waals surface area contributed by atoms with Gasteiger partial charge < -0.3 is 0 Å². The van der Waals surface area contributed by atoms with Crippen molar-refractivity contribution in [3.05, 3.63) is 63.6 Å². The summed E-state index contributed by atoms with van der Waals surface area (Å²) in [6.45, 7) is 2.11. The van der Waals surface area contributed by atoms with E-state index in [0.717, 1.165) is 30.5 Å². The van der Waals surface area contributed by atoms with Crippen molar-refractivity contribution in [2.75, 3.05) is 0 Å². The van der Waals surface area contributed by atoms with Crippen molar-refractivity contribution in [2.24, 2.45) is 0 Å². The van der Waals surface area contributed by atoms with E-state index in [1.54, 1.807) is 4.57 Å². The first-order valence-electron chi connectivity index (χ1n) is 6.57. The molecule has 2 nitrogen and oxygen atoms in total. The van der Waals surface area contributed by atoms with E-state index in [2.05, 4.69) is 6.92 Å². The molecule has 2 heteroatoms. The number of aromatic nitrogens is 1. The minimum atomic E-state index is 0.168. The van der Waals surface area contributed by atoms with Crippen molar-refractivity contribution in [1.29, 1.82) is 0 Å². The van der Waals surface area contributed by atoms with Gasteiger partial charge in [-0.15, -0.1) is 0 Å². The summed E-state index contributed by atoms with van der Waals surface area (Å²) in [5.74, 6) is 0. The van der Waals surface area contributed by atoms with E-state index in [4.69, 9.17) is 0 Å². The number of para-hydroxylation sites is 1. The molecule has 2 aromatic rings. The molecule has 0 amide bonds. The van der Waals surface area contributed by atoms with E-state index in [-0.39, 0.29) is 5.56 Å². The Morgan fingerprint density at radius 3 is 2.39 bits per heavy atom. The van der Waals surface area contributed by atoms with Crippen LogP contribution in [-0.4, -0.2) is 4.57 Å². The highest BCUT2D eigenvalue weighted by Gasteiger charge is 2.17. The summed E-state index contributed by atoms with van der Waals surface area (Å²) < 4.78 is 1.79. The SMILES string of the molecule is Cc1cn(-c2ccccc2)c(=O)c2c1CCCC2. The van der Waals surface area contributed by atoms with Gasteiger partial charge in [-0.25, -0.2) is 0 Å². The molecular formula is C16H17NO. The zero-order valence-electron chi connectivity index (χ0n) is 10.6. The third-order valence-corrected chi connectivity index (χ3v) is 3.78. The third-order valence-electron chi connectivity index (χ3n) is 3.78. The lowest BCUT2D eigenvalue weighted by atomic mass is 9.90. The summed E-state index contributed by atoms with van der Waals surface area (Å²) in [5.41, 5.74) is 4.69. The molecule has 1 aliphatic rings. The van der Waals surface area contributed by atoms with Crippen molar-refractivity contribution >= 4 is 0 Å². The third kappa shape index (κ3) is 1.78. The number of hydrogen-bond donors (Lipinski definition) is 0. The first-order chi connectivity index (χ1) is 8.77. The van der Waals surface area contributed by atoms with Crippen LogP contribution in [-0.2, 0) is 12.8 Å². The van der Waals surface area contributed by atoms with Gasteiger partial charge in [0.15, 0.2) is 0 Å². The van der Waals surface area contributed by atoms with Crippen LogP contribution in [0.1, 0.15) is 29.5 Å². The lowest BCUT2D eigenvalue weighted by Gasteiger charge is -2.19. The van der Waals surface area contributed by atoms with Crippen molar-refractivity contribution in [3.63, 3.8) is 0 Å². The maximum Gasteiger partial charge on any atom is 0.258 e. The Morgan fingerprint density at radius 1 is 1.00 bits per heavy atom. The van der Waals surface area contributed by atoms with Crippen LogP contribution in [0.25, 0.3) is 5.69 Å². The van der Waals surface area contributed by atoms with E-state index < -0.39 is 0 Å². The second-order valence-electron chi connectivity index (χ2n) is 4.99. The van der Waals surface area contributed by atoms with Gasteiger partial charge in [-0.3, -0.25) is 9.36 Å². The maximum atomic E-state index is 12.5. The molecule has 0 radical (unpaired) electrons. The van der Waals surface area contributed by atoms with Crippen LogP contribution in [0.4, 0.5) is 0 Å². The Bertz CT molecular complexity index is 626. The van der Waals surface area contributed by atoms with Crippen LogP contribution in [0.2, 0.25) is 0 Å². The predicted octanol–water partition coefficient (Wildman–Crippen LogP) is 3.02. The highest BCUT2D eigenvalue weighted by Crippen LogP contribution is 2.22. The Morgan fingerprint density at radius 2 is 1.67 bits per heavy atom. The molecule has 0 bridgehead atoms. The molecular weight excluding hydrogens is 222 g/mol. The molecule has 3 rings (SSSR count). The smallest absolute Gasteiger partial charge is 0.258 e. The molecule has 1 aromatic heterocycles. The monoisotopic (exact) mass is 239 g/mol. The molecule has 0 fully saturated rings. The van der Waals surface area contributed by atoms with E-state index >= 15 is 0 Å². The normalized spacial score (nSPS) is 14.3. The van der Waals surface area contributed by atoms with Gasteiger partial charge >= 0.3 is 0 Å². The average molecular weight is 239 g/mol. The van der Waals surface area contributed by atoms with Gasteiger partial charge in [0, 0.05) is 17.4 Å². The Labute approximate surface area is 107 Å². The van der Waals surface area contributed by atoms with Gasteiger partial charge in [-0.1, -0.05) is 18.2 Å². The molecule has 92 valence electrons. The second kappa shape index (κ2) is 4.45. The summed E-state index contributed by atoms with van der Waals surface area (Å²) in [5, 5.41) is 0. The van der Waals surface area contributed by atoms with Gasteiger partial charge in [0.2, 0.25) is 0 Å². The summed E-state index contributed by atoms with van der Waals surface area (Å²) in [7, 11) is 0. The van der Waals surface area contributed by atoms with Crippen molar-refractivity contribution < 1.29 is 0 Å². The number of aryl methyl sites for hydroxylation is 1. The lowest BCUT2D eigenvalue weighted by molar-refractivity contribution is 0.666. The number of benzene rings is 1. The molecule has 1 heterocycles. The van der Waals surface area contributed by atoms with Crippen LogP contribution in [0.3, 0.4) is 0 Å². The molecule has 0 saturated heterocycles. The average Bonchev–Trinajstić information content (AvgIpc) is 2.44. The fourth-order valence-electron chi connectivity index (χ4n) is 2.83. The standard InChI is InChI=1S/C16H17NO/c1-12-11-17(13-7-3-2-4-8-13)16(18)15-10-6-5-9-14(12)15/h2-4,7-8,11H,5-6,9-10H2,1H3. The minimum absolute atomic E-state index is 0.168. The van der Waals surface area contributed by atoms with Crippen molar-refractivity contribution in [3.8, 4) is 5.69 Å². The van der Waals surface area contributed by atoms with E-state index in [9.17, 15) is 4.79 Å². The minimum Gasteiger partial charge on any atom is -0.284 e. The molecule has 0 atom stereocenters.